The molecule has 2 aromatic carbocycles. The van der Waals surface area contributed by atoms with Crippen molar-refractivity contribution in [3.8, 4) is 0 Å². The molecule has 106 valence electrons. The van der Waals surface area contributed by atoms with Gasteiger partial charge in [0.2, 0.25) is 0 Å². The number of nitrogens with two attached hydrogens (primary N) is 1. The Hall–Kier alpha value is -2.62. The second-order valence-corrected chi connectivity index (χ2v) is 5.21. The summed E-state index contributed by atoms with van der Waals surface area (Å²) in [4.78, 5) is 16.9. The predicted molar refractivity (Wildman–Crippen MR) is 85.4 cm³/mol. The van der Waals surface area contributed by atoms with Crippen LogP contribution in [-0.2, 0) is 0 Å². The Kier molecular flexibility index (Phi) is 3.22. The molecule has 1 heterocycles. The van der Waals surface area contributed by atoms with E-state index in [1.54, 1.807) is 23.6 Å². The minimum Gasteiger partial charge on any atom is -0.399 e. The third-order valence-corrected chi connectivity index (χ3v) is 3.74. The molecule has 0 saturated carbocycles. The number of nitrogen functional groups attached to an aromatic ring is 1. The van der Waals surface area contributed by atoms with Crippen LogP contribution in [0.5, 0.6) is 0 Å². The summed E-state index contributed by atoms with van der Waals surface area (Å²) in [5.74, 6) is 0. The number of benzene rings is 2. The molecule has 0 fully saturated rings. The van der Waals surface area contributed by atoms with E-state index in [-0.39, 0.29) is 11.6 Å². The summed E-state index contributed by atoms with van der Waals surface area (Å²) >= 11 is 0. The first-order valence-electron chi connectivity index (χ1n) is 6.91. The molecule has 0 amide bonds. The summed E-state index contributed by atoms with van der Waals surface area (Å²) in [5.41, 5.74) is 9.52. The molecule has 0 bridgehead atoms. The maximum absolute atomic E-state index is 12.6. The van der Waals surface area contributed by atoms with Crippen molar-refractivity contribution in [2.75, 3.05) is 5.73 Å². The number of hydrogen-bond donors (Lipinski definition) is 1. The van der Waals surface area contributed by atoms with Gasteiger partial charge < -0.3 is 5.73 Å². The van der Waals surface area contributed by atoms with E-state index < -0.39 is 0 Å². The van der Waals surface area contributed by atoms with E-state index in [0.29, 0.717) is 11.4 Å². The molecule has 1 atom stereocenters. The van der Waals surface area contributed by atoms with Crippen LogP contribution in [0.15, 0.2) is 53.3 Å². The Balaban J connectivity index is 2.31. The molecular formula is C17H17N3O. The Bertz CT molecular complexity index is 853. The molecule has 3 rings (SSSR count). The van der Waals surface area contributed by atoms with E-state index in [1.807, 2.05) is 43.3 Å². The summed E-state index contributed by atoms with van der Waals surface area (Å²) in [6, 6.07) is 15.4. The molecule has 0 unspecified atom stereocenters. The van der Waals surface area contributed by atoms with Crippen molar-refractivity contribution in [2.45, 2.75) is 19.9 Å². The molecule has 1 aromatic heterocycles. The number of anilines is 1. The first-order chi connectivity index (χ1) is 10.1. The van der Waals surface area contributed by atoms with Gasteiger partial charge in [-0.05, 0) is 37.6 Å². The Morgan fingerprint density at radius 3 is 2.57 bits per heavy atom. The van der Waals surface area contributed by atoms with Gasteiger partial charge in [-0.2, -0.15) is 0 Å². The Labute approximate surface area is 122 Å². The molecule has 0 aliphatic rings. The van der Waals surface area contributed by atoms with Gasteiger partial charge in [0.05, 0.1) is 17.1 Å². The number of rotatable bonds is 2. The molecule has 0 aliphatic heterocycles. The SMILES string of the molecule is Cc1nc2cc(N)ccc2n([C@@H](C)c2ccccc2)c1=O. The Morgan fingerprint density at radius 1 is 1.14 bits per heavy atom. The predicted octanol–water partition coefficient (Wildman–Crippen LogP) is 2.90. The number of fused-ring (bicyclic) bond motifs is 1. The van der Waals surface area contributed by atoms with E-state index in [1.165, 1.54) is 0 Å². The third-order valence-electron chi connectivity index (χ3n) is 3.74. The van der Waals surface area contributed by atoms with Crippen molar-refractivity contribution in [2.24, 2.45) is 0 Å². The van der Waals surface area contributed by atoms with Crippen LogP contribution in [0.3, 0.4) is 0 Å². The third kappa shape index (κ3) is 2.29. The molecular weight excluding hydrogens is 262 g/mol. The molecule has 21 heavy (non-hydrogen) atoms. The van der Waals surface area contributed by atoms with Gasteiger partial charge in [0.1, 0.15) is 5.69 Å². The van der Waals surface area contributed by atoms with Crippen molar-refractivity contribution >= 4 is 16.7 Å². The summed E-state index contributed by atoms with van der Waals surface area (Å²) < 4.78 is 1.78. The number of hydrogen-bond acceptors (Lipinski definition) is 3. The maximum Gasteiger partial charge on any atom is 0.273 e. The summed E-state index contributed by atoms with van der Waals surface area (Å²) in [5, 5.41) is 0. The smallest absolute Gasteiger partial charge is 0.273 e. The number of nitrogens with zero attached hydrogens (tertiary/aromatic N) is 2. The van der Waals surface area contributed by atoms with Gasteiger partial charge in [0.15, 0.2) is 0 Å². The van der Waals surface area contributed by atoms with Gasteiger partial charge in [-0.15, -0.1) is 0 Å². The van der Waals surface area contributed by atoms with Crippen LogP contribution in [0, 0.1) is 6.92 Å². The molecule has 0 aliphatic carbocycles. The quantitative estimate of drug-likeness (QED) is 0.734. The summed E-state index contributed by atoms with van der Waals surface area (Å²) in [6.45, 7) is 3.76. The minimum atomic E-state index is -0.0661. The zero-order valence-corrected chi connectivity index (χ0v) is 12.1. The largest absolute Gasteiger partial charge is 0.399 e. The van der Waals surface area contributed by atoms with Crippen LogP contribution in [0.2, 0.25) is 0 Å². The lowest BCUT2D eigenvalue weighted by atomic mass is 10.1. The first kappa shape index (κ1) is 13.4. The highest BCUT2D eigenvalue weighted by Gasteiger charge is 2.15. The van der Waals surface area contributed by atoms with Crippen molar-refractivity contribution in [3.63, 3.8) is 0 Å². The lowest BCUT2D eigenvalue weighted by Crippen LogP contribution is -2.27. The summed E-state index contributed by atoms with van der Waals surface area (Å²) in [7, 11) is 0. The topological polar surface area (TPSA) is 60.9 Å². The van der Waals surface area contributed by atoms with E-state index in [2.05, 4.69) is 4.98 Å². The van der Waals surface area contributed by atoms with Crippen LogP contribution < -0.4 is 11.3 Å². The standard InChI is InChI=1S/C17H17N3O/c1-11-17(21)20(12(2)13-6-4-3-5-7-13)16-9-8-14(18)10-15(16)19-11/h3-10,12H,18H2,1-2H3/t12-/m0/s1. The monoisotopic (exact) mass is 279 g/mol. The molecule has 4 nitrogen and oxygen atoms in total. The van der Waals surface area contributed by atoms with Crippen LogP contribution in [0.1, 0.15) is 24.2 Å². The normalized spacial score (nSPS) is 12.5. The zero-order valence-electron chi connectivity index (χ0n) is 12.1. The van der Waals surface area contributed by atoms with E-state index in [0.717, 1.165) is 16.6 Å². The van der Waals surface area contributed by atoms with Gasteiger partial charge in [-0.3, -0.25) is 9.36 Å². The van der Waals surface area contributed by atoms with Crippen LogP contribution in [0.25, 0.3) is 11.0 Å². The van der Waals surface area contributed by atoms with E-state index in [4.69, 9.17) is 5.73 Å². The van der Waals surface area contributed by atoms with Gasteiger partial charge in [0.25, 0.3) is 5.56 Å². The first-order valence-corrected chi connectivity index (χ1v) is 6.91. The lowest BCUT2D eigenvalue weighted by molar-refractivity contribution is 0.631. The second kappa shape index (κ2) is 5.05. The van der Waals surface area contributed by atoms with Gasteiger partial charge >= 0.3 is 0 Å². The van der Waals surface area contributed by atoms with Gasteiger partial charge in [0, 0.05) is 5.69 Å². The summed E-state index contributed by atoms with van der Waals surface area (Å²) in [6.07, 6.45) is 0. The zero-order chi connectivity index (χ0) is 15.0. The van der Waals surface area contributed by atoms with Crippen molar-refractivity contribution in [1.82, 2.24) is 9.55 Å². The lowest BCUT2D eigenvalue weighted by Gasteiger charge is -2.19. The van der Waals surface area contributed by atoms with Crippen molar-refractivity contribution in [1.29, 1.82) is 0 Å². The van der Waals surface area contributed by atoms with Crippen LogP contribution in [0.4, 0.5) is 5.69 Å². The van der Waals surface area contributed by atoms with E-state index in [9.17, 15) is 4.79 Å². The van der Waals surface area contributed by atoms with Crippen molar-refractivity contribution in [3.05, 3.63) is 70.1 Å². The minimum absolute atomic E-state index is 0.0634. The van der Waals surface area contributed by atoms with E-state index >= 15 is 0 Å². The highest BCUT2D eigenvalue weighted by molar-refractivity contribution is 5.78. The van der Waals surface area contributed by atoms with Crippen LogP contribution >= 0.6 is 0 Å². The highest BCUT2D eigenvalue weighted by atomic mass is 16.1. The van der Waals surface area contributed by atoms with Gasteiger partial charge in [-0.25, -0.2) is 4.98 Å². The Morgan fingerprint density at radius 2 is 1.86 bits per heavy atom. The molecule has 4 heteroatoms. The van der Waals surface area contributed by atoms with Crippen LogP contribution in [-0.4, -0.2) is 9.55 Å². The molecule has 3 aromatic rings. The van der Waals surface area contributed by atoms with Gasteiger partial charge in [-0.1, -0.05) is 30.3 Å². The second-order valence-electron chi connectivity index (χ2n) is 5.21. The maximum atomic E-state index is 12.6. The average molecular weight is 279 g/mol. The fourth-order valence-corrected chi connectivity index (χ4v) is 2.61. The molecule has 0 spiro atoms. The number of aromatic nitrogens is 2. The molecule has 0 radical (unpaired) electrons. The molecule has 2 N–H and O–H groups in total. The fourth-order valence-electron chi connectivity index (χ4n) is 2.61. The number of aryl methyl sites for hydroxylation is 1. The van der Waals surface area contributed by atoms with Crippen molar-refractivity contribution < 1.29 is 0 Å². The highest BCUT2D eigenvalue weighted by Crippen LogP contribution is 2.22. The average Bonchev–Trinajstić information content (AvgIpc) is 2.49. The fraction of sp³-hybridized carbons (Fsp3) is 0.176. The molecule has 0 saturated heterocycles.